The van der Waals surface area contributed by atoms with Crippen molar-refractivity contribution < 1.29 is 0 Å². The van der Waals surface area contributed by atoms with Gasteiger partial charge in [0, 0.05) is 13.1 Å². The Morgan fingerprint density at radius 3 is 1.67 bits per heavy atom. The van der Waals surface area contributed by atoms with Crippen molar-refractivity contribution >= 4 is 23.5 Å². The van der Waals surface area contributed by atoms with E-state index in [0.717, 1.165) is 13.1 Å². The van der Waals surface area contributed by atoms with E-state index >= 15 is 0 Å². The normalized spacial score (nSPS) is 30.5. The van der Waals surface area contributed by atoms with Crippen LogP contribution >= 0.6 is 23.5 Å². The molecule has 0 bridgehead atoms. The summed E-state index contributed by atoms with van der Waals surface area (Å²) in [4.78, 5) is 0. The fourth-order valence-electron chi connectivity index (χ4n) is 1.26. The van der Waals surface area contributed by atoms with Crippen molar-refractivity contribution in [3.05, 3.63) is 0 Å². The summed E-state index contributed by atoms with van der Waals surface area (Å²) < 4.78 is 0. The van der Waals surface area contributed by atoms with Gasteiger partial charge in [-0.2, -0.15) is 0 Å². The standard InChI is InChI=1S/C8H18N2S2/c1-3-11-7-5-10-8(6-9-7)12-4-2/h7-10H,3-6H2,1-2H3. The first-order valence-corrected chi connectivity index (χ1v) is 6.66. The van der Waals surface area contributed by atoms with E-state index in [2.05, 4.69) is 24.5 Å². The van der Waals surface area contributed by atoms with Gasteiger partial charge in [0.2, 0.25) is 0 Å². The van der Waals surface area contributed by atoms with Gasteiger partial charge >= 0.3 is 0 Å². The van der Waals surface area contributed by atoms with E-state index in [9.17, 15) is 0 Å². The Labute approximate surface area is 83.6 Å². The molecule has 0 saturated carbocycles. The highest BCUT2D eigenvalue weighted by Gasteiger charge is 2.18. The molecule has 1 fully saturated rings. The zero-order valence-electron chi connectivity index (χ0n) is 7.80. The smallest absolute Gasteiger partial charge is 0.0659 e. The minimum absolute atomic E-state index is 0.628. The monoisotopic (exact) mass is 206 g/mol. The predicted molar refractivity (Wildman–Crippen MR) is 59.8 cm³/mol. The maximum atomic E-state index is 3.53. The third-order valence-corrected chi connectivity index (χ3v) is 3.94. The van der Waals surface area contributed by atoms with Crippen molar-refractivity contribution in [2.45, 2.75) is 24.6 Å². The molecule has 1 rings (SSSR count). The Hall–Kier alpha value is 0.620. The van der Waals surface area contributed by atoms with Gasteiger partial charge in [-0.05, 0) is 11.5 Å². The minimum atomic E-state index is 0.628. The third-order valence-electron chi connectivity index (χ3n) is 1.80. The van der Waals surface area contributed by atoms with Crippen molar-refractivity contribution in [3.63, 3.8) is 0 Å². The van der Waals surface area contributed by atoms with Gasteiger partial charge in [-0.1, -0.05) is 13.8 Å². The van der Waals surface area contributed by atoms with Crippen LogP contribution in [0.15, 0.2) is 0 Å². The van der Waals surface area contributed by atoms with E-state index in [0.29, 0.717) is 10.7 Å². The molecule has 0 radical (unpaired) electrons. The van der Waals surface area contributed by atoms with Crippen LogP contribution in [0.25, 0.3) is 0 Å². The highest BCUT2D eigenvalue weighted by atomic mass is 32.2. The largest absolute Gasteiger partial charge is 0.302 e. The minimum Gasteiger partial charge on any atom is -0.302 e. The molecule has 0 aromatic rings. The van der Waals surface area contributed by atoms with Crippen LogP contribution in [0.2, 0.25) is 0 Å². The average molecular weight is 206 g/mol. The second kappa shape index (κ2) is 6.13. The zero-order valence-corrected chi connectivity index (χ0v) is 9.43. The molecule has 0 aromatic carbocycles. The number of rotatable bonds is 4. The summed E-state index contributed by atoms with van der Waals surface area (Å²) in [5.74, 6) is 2.40. The Morgan fingerprint density at radius 1 is 1.00 bits per heavy atom. The summed E-state index contributed by atoms with van der Waals surface area (Å²) in [5.41, 5.74) is 0. The SMILES string of the molecule is CCSC1CNC(SCC)CN1. The number of hydrogen-bond donors (Lipinski definition) is 2. The summed E-state index contributed by atoms with van der Waals surface area (Å²) in [6.45, 7) is 6.63. The van der Waals surface area contributed by atoms with Crippen LogP contribution in [-0.2, 0) is 0 Å². The molecule has 12 heavy (non-hydrogen) atoms. The van der Waals surface area contributed by atoms with Gasteiger partial charge < -0.3 is 10.6 Å². The molecule has 0 aliphatic carbocycles. The summed E-state index contributed by atoms with van der Waals surface area (Å²) in [6.07, 6.45) is 0. The van der Waals surface area contributed by atoms with E-state index in [1.165, 1.54) is 11.5 Å². The summed E-state index contributed by atoms with van der Waals surface area (Å²) in [5, 5.41) is 8.33. The molecule has 2 atom stereocenters. The third kappa shape index (κ3) is 3.56. The van der Waals surface area contributed by atoms with Gasteiger partial charge in [0.15, 0.2) is 0 Å². The summed E-state index contributed by atoms with van der Waals surface area (Å²) in [6, 6.07) is 0. The number of piperazine rings is 1. The van der Waals surface area contributed by atoms with Crippen molar-refractivity contribution in [1.82, 2.24) is 10.6 Å². The highest BCUT2D eigenvalue weighted by Crippen LogP contribution is 2.14. The molecule has 1 saturated heterocycles. The van der Waals surface area contributed by atoms with Crippen LogP contribution in [0.5, 0.6) is 0 Å². The molecule has 4 heteroatoms. The zero-order chi connectivity index (χ0) is 8.81. The number of thioether (sulfide) groups is 2. The molecule has 0 amide bonds. The number of hydrogen-bond acceptors (Lipinski definition) is 4. The highest BCUT2D eigenvalue weighted by molar-refractivity contribution is 8.00. The Kier molecular flexibility index (Phi) is 5.47. The van der Waals surface area contributed by atoms with Gasteiger partial charge in [-0.15, -0.1) is 23.5 Å². The van der Waals surface area contributed by atoms with Crippen LogP contribution < -0.4 is 10.6 Å². The van der Waals surface area contributed by atoms with E-state index in [4.69, 9.17) is 0 Å². The fourth-order valence-corrected chi connectivity index (χ4v) is 2.92. The lowest BCUT2D eigenvalue weighted by atomic mass is 10.4. The molecule has 1 heterocycles. The second-order valence-corrected chi connectivity index (χ2v) is 5.66. The first-order valence-electron chi connectivity index (χ1n) is 4.56. The summed E-state index contributed by atoms with van der Waals surface area (Å²) in [7, 11) is 0. The maximum Gasteiger partial charge on any atom is 0.0659 e. The average Bonchev–Trinajstić information content (AvgIpc) is 2.09. The Bertz CT molecular complexity index is 99.6. The van der Waals surface area contributed by atoms with Gasteiger partial charge in [0.25, 0.3) is 0 Å². The van der Waals surface area contributed by atoms with Gasteiger partial charge in [-0.3, -0.25) is 0 Å². The van der Waals surface area contributed by atoms with Crippen molar-refractivity contribution in [2.24, 2.45) is 0 Å². The lowest BCUT2D eigenvalue weighted by Gasteiger charge is -2.30. The van der Waals surface area contributed by atoms with Crippen molar-refractivity contribution in [3.8, 4) is 0 Å². The van der Waals surface area contributed by atoms with Crippen LogP contribution in [0.1, 0.15) is 13.8 Å². The van der Waals surface area contributed by atoms with Crippen LogP contribution in [0, 0.1) is 0 Å². The van der Waals surface area contributed by atoms with Crippen LogP contribution in [0.3, 0.4) is 0 Å². The van der Waals surface area contributed by atoms with Crippen molar-refractivity contribution in [1.29, 1.82) is 0 Å². The Morgan fingerprint density at radius 2 is 1.42 bits per heavy atom. The van der Waals surface area contributed by atoms with E-state index in [-0.39, 0.29) is 0 Å². The molecule has 1 aliphatic heterocycles. The molecule has 1 aliphatic rings. The van der Waals surface area contributed by atoms with Crippen LogP contribution in [-0.4, -0.2) is 35.3 Å². The van der Waals surface area contributed by atoms with E-state index in [1.807, 2.05) is 23.5 Å². The lowest BCUT2D eigenvalue weighted by Crippen LogP contribution is -2.51. The van der Waals surface area contributed by atoms with Crippen LogP contribution in [0.4, 0.5) is 0 Å². The molecular weight excluding hydrogens is 188 g/mol. The van der Waals surface area contributed by atoms with E-state index < -0.39 is 0 Å². The molecule has 2 nitrogen and oxygen atoms in total. The molecule has 2 N–H and O–H groups in total. The first-order chi connectivity index (χ1) is 5.86. The molecular formula is C8H18N2S2. The summed E-state index contributed by atoms with van der Waals surface area (Å²) >= 11 is 3.98. The quantitative estimate of drug-likeness (QED) is 0.725. The first kappa shape index (κ1) is 10.7. The van der Waals surface area contributed by atoms with Gasteiger partial charge in [0.05, 0.1) is 10.7 Å². The maximum absolute atomic E-state index is 3.53. The van der Waals surface area contributed by atoms with Gasteiger partial charge in [0.1, 0.15) is 0 Å². The van der Waals surface area contributed by atoms with Gasteiger partial charge in [-0.25, -0.2) is 0 Å². The molecule has 2 unspecified atom stereocenters. The predicted octanol–water partition coefficient (Wildman–Crippen LogP) is 1.34. The molecule has 72 valence electrons. The molecule has 0 spiro atoms. The fraction of sp³-hybridized carbons (Fsp3) is 1.00. The Balaban J connectivity index is 2.11. The number of nitrogens with one attached hydrogen (secondary N) is 2. The second-order valence-electron chi connectivity index (χ2n) is 2.70. The van der Waals surface area contributed by atoms with E-state index in [1.54, 1.807) is 0 Å². The topological polar surface area (TPSA) is 24.1 Å². The lowest BCUT2D eigenvalue weighted by molar-refractivity contribution is 0.482. The van der Waals surface area contributed by atoms with Crippen molar-refractivity contribution in [2.75, 3.05) is 24.6 Å². The molecule has 0 aromatic heterocycles.